The maximum absolute atomic E-state index is 13.5. The van der Waals surface area contributed by atoms with Crippen molar-refractivity contribution in [1.29, 1.82) is 0 Å². The molecule has 5 N–H and O–H groups in total. The van der Waals surface area contributed by atoms with Gasteiger partial charge in [-0.25, -0.2) is 17.8 Å². The molecule has 1 atom stereocenters. The van der Waals surface area contributed by atoms with Gasteiger partial charge in [0.05, 0.1) is 11.9 Å². The molecule has 0 bridgehead atoms. The Kier molecular flexibility index (Phi) is 8.41. The van der Waals surface area contributed by atoms with Gasteiger partial charge >= 0.3 is 6.18 Å². The maximum Gasteiger partial charge on any atom is 0.404 e. The average molecular weight is 594 g/mol. The van der Waals surface area contributed by atoms with Gasteiger partial charge in [-0.3, -0.25) is 19.6 Å². The summed E-state index contributed by atoms with van der Waals surface area (Å²) in [5.74, 6) is -3.31. The fourth-order valence-corrected chi connectivity index (χ4v) is 4.87. The van der Waals surface area contributed by atoms with E-state index in [1.54, 1.807) is 6.92 Å². The van der Waals surface area contributed by atoms with Crippen LogP contribution in [0.25, 0.3) is 11.3 Å². The van der Waals surface area contributed by atoms with E-state index in [1.807, 2.05) is 4.72 Å². The molecule has 216 valence electrons. The van der Waals surface area contributed by atoms with Gasteiger partial charge in [0.1, 0.15) is 40.6 Å². The van der Waals surface area contributed by atoms with Gasteiger partial charge in [0.15, 0.2) is 5.75 Å². The number of primary amides is 1. The molecule has 16 heteroatoms. The van der Waals surface area contributed by atoms with Crippen molar-refractivity contribution in [3.05, 3.63) is 78.0 Å². The highest BCUT2D eigenvalue weighted by Gasteiger charge is 2.35. The topological polar surface area (TPSA) is 165 Å². The SMILES string of the molecule is CC[C@@H](Oc1cc(-c2n[nH]c(Nc3cnccn3)c2C(N)=O)ccc1NS(=O)(=O)CC(F)(F)F)c1ccc(F)cc1. The predicted octanol–water partition coefficient (Wildman–Crippen LogP) is 4.68. The van der Waals surface area contributed by atoms with Crippen LogP contribution in [0.1, 0.15) is 35.4 Å². The van der Waals surface area contributed by atoms with E-state index in [1.165, 1.54) is 61.1 Å². The van der Waals surface area contributed by atoms with Crippen LogP contribution in [0.3, 0.4) is 0 Å². The first-order valence-corrected chi connectivity index (χ1v) is 13.6. The second kappa shape index (κ2) is 11.8. The highest BCUT2D eigenvalue weighted by atomic mass is 32.2. The molecule has 2 aromatic heterocycles. The zero-order chi connectivity index (χ0) is 29.8. The van der Waals surface area contributed by atoms with Crippen LogP contribution in [0.5, 0.6) is 5.75 Å². The monoisotopic (exact) mass is 593 g/mol. The van der Waals surface area contributed by atoms with Gasteiger partial charge in [-0.1, -0.05) is 25.1 Å². The number of rotatable bonds is 11. The van der Waals surface area contributed by atoms with Crippen LogP contribution in [0.4, 0.5) is 34.9 Å². The van der Waals surface area contributed by atoms with Crippen molar-refractivity contribution >= 4 is 33.3 Å². The van der Waals surface area contributed by atoms with Crippen LogP contribution < -0.4 is 20.5 Å². The number of aromatic nitrogens is 4. The van der Waals surface area contributed by atoms with E-state index >= 15 is 0 Å². The van der Waals surface area contributed by atoms with E-state index in [0.717, 1.165) is 0 Å². The molecule has 0 aliphatic carbocycles. The lowest BCUT2D eigenvalue weighted by Gasteiger charge is -2.21. The Balaban J connectivity index is 1.77. The lowest BCUT2D eigenvalue weighted by Crippen LogP contribution is -2.28. The number of hydrogen-bond acceptors (Lipinski definition) is 8. The number of amides is 1. The number of hydrogen-bond donors (Lipinski definition) is 4. The fourth-order valence-electron chi connectivity index (χ4n) is 3.86. The summed E-state index contributed by atoms with van der Waals surface area (Å²) in [6.45, 7) is 1.74. The molecule has 0 fully saturated rings. The van der Waals surface area contributed by atoms with E-state index in [-0.39, 0.29) is 39.9 Å². The Labute approximate surface area is 231 Å². The van der Waals surface area contributed by atoms with Crippen molar-refractivity contribution in [2.45, 2.75) is 25.6 Å². The Bertz CT molecular complexity index is 1630. The summed E-state index contributed by atoms with van der Waals surface area (Å²) in [5, 5.41) is 9.62. The predicted molar refractivity (Wildman–Crippen MR) is 141 cm³/mol. The number of H-pyrrole nitrogens is 1. The van der Waals surface area contributed by atoms with E-state index < -0.39 is 39.8 Å². The number of sulfonamides is 1. The van der Waals surface area contributed by atoms with Crippen molar-refractivity contribution in [3.63, 3.8) is 0 Å². The fraction of sp³-hybridized carbons (Fsp3) is 0.200. The number of nitrogens with zero attached hydrogens (tertiary/aromatic N) is 3. The summed E-state index contributed by atoms with van der Waals surface area (Å²) in [6, 6.07) is 9.14. The lowest BCUT2D eigenvalue weighted by atomic mass is 10.0. The number of nitrogens with one attached hydrogen (secondary N) is 3. The number of carbonyl (C=O) groups excluding carboxylic acids is 1. The van der Waals surface area contributed by atoms with E-state index in [9.17, 15) is 30.8 Å². The molecular weight excluding hydrogens is 570 g/mol. The van der Waals surface area contributed by atoms with E-state index in [0.29, 0.717) is 12.0 Å². The second-order valence-corrected chi connectivity index (χ2v) is 10.4. The first-order valence-electron chi connectivity index (χ1n) is 11.9. The maximum atomic E-state index is 13.5. The highest BCUT2D eigenvalue weighted by Crippen LogP contribution is 2.37. The number of carbonyl (C=O) groups is 1. The van der Waals surface area contributed by atoms with Gasteiger partial charge in [0, 0.05) is 18.0 Å². The Morgan fingerprint density at radius 3 is 2.49 bits per heavy atom. The van der Waals surface area contributed by atoms with Gasteiger partial charge in [-0.15, -0.1) is 0 Å². The third-order valence-corrected chi connectivity index (χ3v) is 6.82. The van der Waals surface area contributed by atoms with Crippen molar-refractivity contribution in [3.8, 4) is 17.0 Å². The molecule has 0 spiro atoms. The summed E-state index contributed by atoms with van der Waals surface area (Å²) in [6.07, 6.45) is -1.17. The van der Waals surface area contributed by atoms with E-state index in [4.69, 9.17) is 10.5 Å². The molecule has 1 amide bonds. The highest BCUT2D eigenvalue weighted by molar-refractivity contribution is 7.92. The van der Waals surface area contributed by atoms with Crippen LogP contribution in [0.2, 0.25) is 0 Å². The number of anilines is 3. The molecule has 0 saturated heterocycles. The number of nitrogens with two attached hydrogens (primary N) is 1. The number of ether oxygens (including phenoxy) is 1. The van der Waals surface area contributed by atoms with Crippen molar-refractivity contribution in [2.75, 3.05) is 15.8 Å². The van der Waals surface area contributed by atoms with Crippen LogP contribution in [-0.4, -0.2) is 46.4 Å². The zero-order valence-electron chi connectivity index (χ0n) is 21.2. The molecule has 11 nitrogen and oxygen atoms in total. The molecule has 4 rings (SSSR count). The normalized spacial score (nSPS) is 12.5. The summed E-state index contributed by atoms with van der Waals surface area (Å²) < 4.78 is 84.6. The third kappa shape index (κ3) is 7.47. The number of halogens is 4. The van der Waals surface area contributed by atoms with Crippen LogP contribution >= 0.6 is 0 Å². The van der Waals surface area contributed by atoms with Crippen LogP contribution in [0, 0.1) is 5.82 Å². The molecule has 2 heterocycles. The number of aromatic amines is 1. The molecule has 2 aromatic carbocycles. The minimum Gasteiger partial charge on any atom is -0.484 e. The molecule has 0 saturated carbocycles. The second-order valence-electron chi connectivity index (χ2n) is 8.66. The number of alkyl halides is 3. The molecular formula is C25H23F4N7O4S. The van der Waals surface area contributed by atoms with Crippen molar-refractivity contribution in [1.82, 2.24) is 20.2 Å². The zero-order valence-corrected chi connectivity index (χ0v) is 22.1. The first-order chi connectivity index (χ1) is 19.3. The quantitative estimate of drug-likeness (QED) is 0.182. The lowest BCUT2D eigenvalue weighted by molar-refractivity contribution is -0.106. The Morgan fingerprint density at radius 1 is 1.15 bits per heavy atom. The summed E-state index contributed by atoms with van der Waals surface area (Å²) >= 11 is 0. The van der Waals surface area contributed by atoms with Gasteiger partial charge in [0.25, 0.3) is 5.91 Å². The molecule has 41 heavy (non-hydrogen) atoms. The minimum absolute atomic E-state index is 0.0354. The Morgan fingerprint density at radius 2 is 1.88 bits per heavy atom. The van der Waals surface area contributed by atoms with Crippen LogP contribution in [0.15, 0.2) is 61.1 Å². The van der Waals surface area contributed by atoms with Gasteiger partial charge in [-0.2, -0.15) is 18.3 Å². The van der Waals surface area contributed by atoms with E-state index in [2.05, 4.69) is 25.5 Å². The summed E-state index contributed by atoms with van der Waals surface area (Å²) in [7, 11) is -4.88. The molecule has 4 aromatic rings. The summed E-state index contributed by atoms with van der Waals surface area (Å²) in [5.41, 5.74) is 6.01. The van der Waals surface area contributed by atoms with Gasteiger partial charge in [0.2, 0.25) is 10.0 Å². The molecule has 0 aliphatic heterocycles. The standard InChI is InChI=1S/C25H23F4N7O4S/c1-2-18(14-3-6-16(26)7-4-14)40-19-11-15(5-8-17(19)36-41(38,39)13-25(27,28)29)22-21(23(30)37)24(35-34-22)33-20-12-31-9-10-32-20/h3-12,18,36H,2,13H2,1H3,(H2,30,37)(H2,32,33,34,35)/t18-/m1/s1. The molecule has 0 radical (unpaired) electrons. The smallest absolute Gasteiger partial charge is 0.404 e. The van der Waals surface area contributed by atoms with Crippen LogP contribution in [-0.2, 0) is 10.0 Å². The first kappa shape index (κ1) is 29.3. The van der Waals surface area contributed by atoms with Gasteiger partial charge < -0.3 is 15.8 Å². The minimum atomic E-state index is -5.00. The Hall–Kier alpha value is -4.73. The average Bonchev–Trinajstić information content (AvgIpc) is 3.31. The number of benzene rings is 2. The van der Waals surface area contributed by atoms with Gasteiger partial charge in [-0.05, 0) is 36.2 Å². The molecule has 0 unspecified atom stereocenters. The summed E-state index contributed by atoms with van der Waals surface area (Å²) in [4.78, 5) is 20.4. The largest absolute Gasteiger partial charge is 0.484 e. The van der Waals surface area contributed by atoms with Crippen molar-refractivity contribution < 1.29 is 35.5 Å². The molecule has 0 aliphatic rings. The van der Waals surface area contributed by atoms with Crippen molar-refractivity contribution in [2.24, 2.45) is 5.73 Å². The third-order valence-electron chi connectivity index (χ3n) is 5.58.